The van der Waals surface area contributed by atoms with E-state index in [9.17, 15) is 8.78 Å². The Kier molecular flexibility index (Phi) is 5.57. The lowest BCUT2D eigenvalue weighted by atomic mass is 10.0. The second kappa shape index (κ2) is 8.13. The van der Waals surface area contributed by atoms with Gasteiger partial charge in [-0.3, -0.25) is 4.98 Å². The van der Waals surface area contributed by atoms with Crippen LogP contribution in [0.15, 0.2) is 47.8 Å². The Balaban J connectivity index is 1.88. The van der Waals surface area contributed by atoms with Crippen molar-refractivity contribution in [3.63, 3.8) is 0 Å². The van der Waals surface area contributed by atoms with Crippen molar-refractivity contribution in [3.05, 3.63) is 70.5 Å². The zero-order valence-corrected chi connectivity index (χ0v) is 17.2. The van der Waals surface area contributed by atoms with E-state index in [0.717, 1.165) is 28.8 Å². The minimum Gasteiger partial charge on any atom is -0.330 e. The van der Waals surface area contributed by atoms with E-state index >= 15 is 0 Å². The Hall–Kier alpha value is -2.43. The molecule has 2 N–H and O–H groups in total. The molecular formula is C19H18F2N6S2. The number of pyridine rings is 1. The maximum Gasteiger partial charge on any atom is 0.230 e. The Bertz CT molecular complexity index is 1040. The van der Waals surface area contributed by atoms with Gasteiger partial charge in [0.1, 0.15) is 26.6 Å². The van der Waals surface area contributed by atoms with Gasteiger partial charge in [-0.2, -0.15) is 5.10 Å². The second-order valence-corrected chi connectivity index (χ2v) is 8.89. The predicted molar refractivity (Wildman–Crippen MR) is 112 cm³/mol. The Morgan fingerprint density at radius 3 is 2.76 bits per heavy atom. The molecule has 1 aliphatic rings. The van der Waals surface area contributed by atoms with Crippen LogP contribution in [0.2, 0.25) is 0 Å². The average Bonchev–Trinajstić information content (AvgIpc) is 3.33. The third-order valence-electron chi connectivity index (χ3n) is 4.49. The van der Waals surface area contributed by atoms with Crippen LogP contribution in [0.25, 0.3) is 0 Å². The van der Waals surface area contributed by atoms with Gasteiger partial charge >= 0.3 is 0 Å². The third-order valence-corrected chi connectivity index (χ3v) is 6.75. The topological polar surface area (TPSA) is 80.3 Å². The van der Waals surface area contributed by atoms with Crippen molar-refractivity contribution < 1.29 is 8.78 Å². The molecule has 1 aromatic carbocycles. The van der Waals surface area contributed by atoms with E-state index in [2.05, 4.69) is 20.3 Å². The van der Waals surface area contributed by atoms with E-state index in [1.807, 2.05) is 19.1 Å². The summed E-state index contributed by atoms with van der Waals surface area (Å²) in [6, 6.07) is 7.14. The van der Waals surface area contributed by atoms with Gasteiger partial charge in [0.2, 0.25) is 5.13 Å². The van der Waals surface area contributed by atoms with E-state index < -0.39 is 16.5 Å². The van der Waals surface area contributed by atoms with Crippen LogP contribution in [-0.4, -0.2) is 26.8 Å². The molecule has 1 atom stereocenters. The van der Waals surface area contributed by atoms with Gasteiger partial charge in [-0.15, -0.1) is 10.2 Å². The highest BCUT2D eigenvalue weighted by atomic mass is 32.2. The number of aromatic nitrogens is 3. The molecule has 0 saturated heterocycles. The summed E-state index contributed by atoms with van der Waals surface area (Å²) in [7, 11) is 0. The van der Waals surface area contributed by atoms with E-state index in [1.54, 1.807) is 17.4 Å². The van der Waals surface area contributed by atoms with E-state index in [-0.39, 0.29) is 5.56 Å². The number of thioether (sulfide) groups is 1. The van der Waals surface area contributed by atoms with Gasteiger partial charge in [-0.1, -0.05) is 29.2 Å². The molecule has 0 bridgehead atoms. The summed E-state index contributed by atoms with van der Waals surface area (Å²) in [5.41, 5.74) is 6.79. The van der Waals surface area contributed by atoms with Crippen LogP contribution in [-0.2, 0) is 4.87 Å². The normalized spacial score (nSPS) is 18.9. The van der Waals surface area contributed by atoms with Gasteiger partial charge in [0, 0.05) is 23.5 Å². The van der Waals surface area contributed by atoms with Crippen molar-refractivity contribution in [2.75, 3.05) is 11.6 Å². The Morgan fingerprint density at radius 2 is 2.07 bits per heavy atom. The van der Waals surface area contributed by atoms with Crippen molar-refractivity contribution in [2.24, 2.45) is 10.8 Å². The molecule has 10 heteroatoms. The highest BCUT2D eigenvalue weighted by Gasteiger charge is 2.48. The first-order chi connectivity index (χ1) is 14.0. The second-order valence-electron chi connectivity index (χ2n) is 6.47. The van der Waals surface area contributed by atoms with Crippen LogP contribution in [0, 0.1) is 18.6 Å². The largest absolute Gasteiger partial charge is 0.330 e. The van der Waals surface area contributed by atoms with Crippen LogP contribution in [0.3, 0.4) is 0 Å². The maximum absolute atomic E-state index is 14.5. The van der Waals surface area contributed by atoms with Crippen LogP contribution >= 0.6 is 23.1 Å². The van der Waals surface area contributed by atoms with Crippen LogP contribution < -0.4 is 10.7 Å². The first-order valence-electron chi connectivity index (χ1n) is 8.97. The van der Waals surface area contributed by atoms with Crippen LogP contribution in [0.1, 0.15) is 29.0 Å². The number of rotatable bonds is 6. The number of halogens is 2. The molecule has 3 aromatic rings. The molecule has 1 unspecified atom stereocenters. The summed E-state index contributed by atoms with van der Waals surface area (Å²) in [6.45, 7) is 2.34. The minimum atomic E-state index is -0.742. The number of aryl methyl sites for hydroxylation is 1. The minimum absolute atomic E-state index is 0.111. The number of hydrazone groups is 1. The fraction of sp³-hybridized carbons (Fsp3) is 0.263. The number of hydrogen-bond donors (Lipinski definition) is 1. The number of nitrogens with two attached hydrogens (primary N) is 1. The number of hydrogen-bond acceptors (Lipinski definition) is 8. The molecular weight excluding hydrogens is 414 g/mol. The fourth-order valence-electron chi connectivity index (χ4n) is 3.15. The lowest BCUT2D eigenvalue weighted by molar-refractivity contribution is 0.523. The summed E-state index contributed by atoms with van der Waals surface area (Å²) in [4.78, 5) is 3.51. The molecule has 6 nitrogen and oxygen atoms in total. The summed E-state index contributed by atoms with van der Waals surface area (Å²) < 4.78 is 28.4. The molecule has 2 aromatic heterocycles. The van der Waals surface area contributed by atoms with E-state index in [4.69, 9.17) is 5.73 Å². The monoisotopic (exact) mass is 432 g/mol. The lowest BCUT2D eigenvalue weighted by Crippen LogP contribution is -2.38. The standard InChI is InChI=1S/C19H18F2N6S2/c1-12-24-25-18(28-12)27-19(7-3-8-22,13-4-2-9-23-11-13)29-17(26-27)15-10-14(20)5-6-16(15)21/h2,4-6,9-11H,3,7-8,22H2,1H3. The molecule has 0 spiro atoms. The SMILES string of the molecule is Cc1nnc(N2N=C(c3cc(F)ccc3F)SC2(CCCN)c2cccnc2)s1. The number of nitrogens with zero attached hydrogens (tertiary/aromatic N) is 5. The number of anilines is 1. The van der Waals surface area contributed by atoms with Crippen molar-refractivity contribution in [2.45, 2.75) is 24.6 Å². The lowest BCUT2D eigenvalue weighted by Gasteiger charge is -2.35. The van der Waals surface area contributed by atoms with E-state index in [1.165, 1.54) is 23.1 Å². The molecule has 1 aliphatic heterocycles. The molecule has 0 aliphatic carbocycles. The van der Waals surface area contributed by atoms with Gasteiger partial charge in [-0.25, -0.2) is 13.8 Å². The van der Waals surface area contributed by atoms with Crippen molar-refractivity contribution in [3.8, 4) is 0 Å². The van der Waals surface area contributed by atoms with Gasteiger partial charge < -0.3 is 5.73 Å². The Labute approximate surface area is 174 Å². The average molecular weight is 433 g/mol. The summed E-state index contributed by atoms with van der Waals surface area (Å²) in [6.07, 6.45) is 4.75. The van der Waals surface area contributed by atoms with Gasteiger partial charge in [0.15, 0.2) is 0 Å². The molecule has 3 heterocycles. The number of benzene rings is 1. The molecule has 0 amide bonds. The third kappa shape index (κ3) is 3.75. The first-order valence-corrected chi connectivity index (χ1v) is 10.6. The zero-order chi connectivity index (χ0) is 20.4. The van der Waals surface area contributed by atoms with Crippen LogP contribution in [0.4, 0.5) is 13.9 Å². The molecule has 150 valence electrons. The summed E-state index contributed by atoms with van der Waals surface area (Å²) in [5, 5.41) is 16.5. The molecule has 29 heavy (non-hydrogen) atoms. The van der Waals surface area contributed by atoms with Gasteiger partial charge in [0.25, 0.3) is 0 Å². The predicted octanol–water partition coefficient (Wildman–Crippen LogP) is 4.03. The first kappa shape index (κ1) is 19.9. The van der Waals surface area contributed by atoms with Gasteiger partial charge in [0.05, 0.1) is 0 Å². The highest BCUT2D eigenvalue weighted by Crippen LogP contribution is 2.52. The Morgan fingerprint density at radius 1 is 1.21 bits per heavy atom. The van der Waals surface area contributed by atoms with Crippen molar-refractivity contribution >= 4 is 33.3 Å². The fourth-order valence-corrected chi connectivity index (χ4v) is 5.33. The van der Waals surface area contributed by atoms with Gasteiger partial charge in [-0.05, 0) is 50.6 Å². The van der Waals surface area contributed by atoms with Crippen LogP contribution in [0.5, 0.6) is 0 Å². The molecule has 0 saturated carbocycles. The highest BCUT2D eigenvalue weighted by molar-refractivity contribution is 8.15. The van der Waals surface area contributed by atoms with Crippen molar-refractivity contribution in [1.82, 2.24) is 15.2 Å². The summed E-state index contributed by atoms with van der Waals surface area (Å²) in [5.74, 6) is -1.06. The molecule has 0 radical (unpaired) electrons. The summed E-state index contributed by atoms with van der Waals surface area (Å²) >= 11 is 2.74. The molecule has 4 rings (SSSR count). The smallest absolute Gasteiger partial charge is 0.230 e. The maximum atomic E-state index is 14.5. The van der Waals surface area contributed by atoms with Crippen molar-refractivity contribution in [1.29, 1.82) is 0 Å². The van der Waals surface area contributed by atoms with E-state index in [0.29, 0.717) is 29.6 Å². The zero-order valence-electron chi connectivity index (χ0n) is 15.5. The quantitative estimate of drug-likeness (QED) is 0.634. The molecule has 0 fully saturated rings.